The number of rotatable bonds is 5. The van der Waals surface area contributed by atoms with E-state index >= 15 is 0 Å². The summed E-state index contributed by atoms with van der Waals surface area (Å²) in [6.45, 7) is 1.82. The lowest BCUT2D eigenvalue weighted by Gasteiger charge is -1.99. The van der Waals surface area contributed by atoms with Gasteiger partial charge in [-0.2, -0.15) is 0 Å². The molecule has 0 unspecified atom stereocenters. The number of nitrogens with zero attached hydrogens (tertiary/aromatic N) is 3. The van der Waals surface area contributed by atoms with Gasteiger partial charge in [-0.3, -0.25) is 4.79 Å². The van der Waals surface area contributed by atoms with Crippen LogP contribution in [0.2, 0.25) is 0 Å². The van der Waals surface area contributed by atoms with Crippen LogP contribution in [0.15, 0.2) is 11.2 Å². The molecule has 1 heterocycles. The summed E-state index contributed by atoms with van der Waals surface area (Å²) < 4.78 is 4.61. The van der Waals surface area contributed by atoms with E-state index in [2.05, 4.69) is 14.7 Å². The number of thiazole rings is 1. The molecule has 0 saturated heterocycles. The fourth-order valence-corrected chi connectivity index (χ4v) is 1.58. The number of carbonyl (C=O) groups is 2. The predicted octanol–water partition coefficient (Wildman–Crippen LogP) is 1.11. The van der Waals surface area contributed by atoms with Crippen LogP contribution in [0.5, 0.6) is 0 Å². The Morgan fingerprint density at radius 3 is 2.88 bits per heavy atom. The van der Waals surface area contributed by atoms with Crippen LogP contribution in [0.4, 0.5) is 5.13 Å². The lowest BCUT2D eigenvalue weighted by atomic mass is 10.3. The third-order valence-corrected chi connectivity index (χ3v) is 2.48. The van der Waals surface area contributed by atoms with Crippen LogP contribution in [0.3, 0.4) is 0 Å². The summed E-state index contributed by atoms with van der Waals surface area (Å²) in [4.78, 5) is 32.6. The maximum atomic E-state index is 11.5. The first kappa shape index (κ1) is 13.3. The highest BCUT2D eigenvalue weighted by atomic mass is 32.1. The minimum Gasteiger partial charge on any atom is -0.460 e. The van der Waals surface area contributed by atoms with Crippen LogP contribution in [0.1, 0.15) is 16.6 Å². The molecule has 1 rings (SSSR count). The van der Waals surface area contributed by atoms with Gasteiger partial charge >= 0.3 is 5.97 Å². The van der Waals surface area contributed by atoms with Gasteiger partial charge in [-0.15, -0.1) is 0 Å². The van der Waals surface area contributed by atoms with E-state index < -0.39 is 11.8 Å². The van der Waals surface area contributed by atoms with Gasteiger partial charge in [0, 0.05) is 14.1 Å². The highest BCUT2D eigenvalue weighted by molar-refractivity contribution is 7.17. The number of aromatic nitrogens is 1. The van der Waals surface area contributed by atoms with Crippen molar-refractivity contribution >= 4 is 34.6 Å². The molecule has 17 heavy (non-hydrogen) atoms. The number of ether oxygens (including phenoxy) is 1. The number of hydrogen-bond donors (Lipinski definition) is 0. The van der Waals surface area contributed by atoms with E-state index in [1.165, 1.54) is 6.20 Å². The van der Waals surface area contributed by atoms with Gasteiger partial charge in [0.25, 0.3) is 5.78 Å². The van der Waals surface area contributed by atoms with Crippen LogP contribution < -0.4 is 0 Å². The lowest BCUT2D eigenvalue weighted by molar-refractivity contribution is -0.137. The Kier molecular flexibility index (Phi) is 4.77. The Morgan fingerprint density at radius 1 is 1.59 bits per heavy atom. The summed E-state index contributed by atoms with van der Waals surface area (Å²) in [5, 5.41) is 0.423. The number of hydrogen-bond acceptors (Lipinski definition) is 6. The standard InChI is InChI=1S/C10H13N3O3S/c1-4-16-9(15)8(14)7-5-11-10(17-7)12-6-13(2)3/h5-6H,4H2,1-3H3. The van der Waals surface area contributed by atoms with Gasteiger partial charge in [-0.05, 0) is 6.92 Å². The zero-order valence-corrected chi connectivity index (χ0v) is 10.7. The lowest BCUT2D eigenvalue weighted by Crippen LogP contribution is -2.16. The van der Waals surface area contributed by atoms with E-state index in [0.29, 0.717) is 5.13 Å². The molecule has 0 aromatic carbocycles. The maximum absolute atomic E-state index is 11.5. The number of aliphatic imine (C=N–C) groups is 1. The van der Waals surface area contributed by atoms with E-state index in [4.69, 9.17) is 0 Å². The second-order valence-electron chi connectivity index (χ2n) is 3.26. The first-order valence-electron chi connectivity index (χ1n) is 4.92. The number of carbonyl (C=O) groups excluding carboxylic acids is 2. The van der Waals surface area contributed by atoms with E-state index in [1.807, 2.05) is 14.1 Å². The summed E-state index contributed by atoms with van der Waals surface area (Å²) in [7, 11) is 3.64. The Labute approximate surface area is 103 Å². The highest BCUT2D eigenvalue weighted by Crippen LogP contribution is 2.21. The largest absolute Gasteiger partial charge is 0.460 e. The van der Waals surface area contributed by atoms with Gasteiger partial charge in [-0.25, -0.2) is 14.8 Å². The van der Waals surface area contributed by atoms with E-state index in [-0.39, 0.29) is 11.5 Å². The van der Waals surface area contributed by atoms with Crippen molar-refractivity contribution < 1.29 is 14.3 Å². The first-order valence-corrected chi connectivity index (χ1v) is 5.74. The van der Waals surface area contributed by atoms with Crippen molar-refractivity contribution in [2.75, 3.05) is 20.7 Å². The topological polar surface area (TPSA) is 71.9 Å². The molecule has 0 bridgehead atoms. The number of ketones is 1. The first-order chi connectivity index (χ1) is 8.04. The molecule has 6 nitrogen and oxygen atoms in total. The molecule has 1 aromatic rings. The quantitative estimate of drug-likeness (QED) is 0.259. The minimum absolute atomic E-state index is 0.176. The van der Waals surface area contributed by atoms with Crippen molar-refractivity contribution in [3.05, 3.63) is 11.1 Å². The summed E-state index contributed by atoms with van der Waals surface area (Å²) >= 11 is 1.05. The molecule has 0 N–H and O–H groups in total. The summed E-state index contributed by atoms with van der Waals surface area (Å²) in [5.41, 5.74) is 0. The van der Waals surface area contributed by atoms with E-state index in [0.717, 1.165) is 11.3 Å². The monoisotopic (exact) mass is 255 g/mol. The molecule has 92 valence electrons. The molecular formula is C10H13N3O3S. The molecule has 0 spiro atoms. The SMILES string of the molecule is CCOC(=O)C(=O)c1cnc(N=CN(C)C)s1. The molecule has 0 aliphatic carbocycles. The Morgan fingerprint density at radius 2 is 2.29 bits per heavy atom. The summed E-state index contributed by atoms with van der Waals surface area (Å²) in [6.07, 6.45) is 2.89. The molecule has 0 radical (unpaired) electrons. The van der Waals surface area contributed by atoms with Crippen molar-refractivity contribution in [1.29, 1.82) is 0 Å². The molecular weight excluding hydrogens is 242 g/mol. The van der Waals surface area contributed by atoms with Crippen LogP contribution >= 0.6 is 11.3 Å². The summed E-state index contributed by atoms with van der Waals surface area (Å²) in [6, 6.07) is 0. The Hall–Kier alpha value is -1.76. The second kappa shape index (κ2) is 6.09. The maximum Gasteiger partial charge on any atom is 0.380 e. The number of esters is 1. The third kappa shape index (κ3) is 3.95. The molecule has 0 aliphatic heterocycles. The zero-order chi connectivity index (χ0) is 12.8. The van der Waals surface area contributed by atoms with E-state index in [9.17, 15) is 9.59 Å². The summed E-state index contributed by atoms with van der Waals surface area (Å²) in [5.74, 6) is -1.55. The zero-order valence-electron chi connectivity index (χ0n) is 9.84. The average molecular weight is 255 g/mol. The van der Waals surface area contributed by atoms with Gasteiger partial charge in [0.1, 0.15) is 4.88 Å². The molecule has 7 heteroatoms. The molecule has 0 fully saturated rings. The minimum atomic E-state index is -0.862. The fourth-order valence-electron chi connectivity index (χ4n) is 0.892. The van der Waals surface area contributed by atoms with E-state index in [1.54, 1.807) is 18.2 Å². The fraction of sp³-hybridized carbons (Fsp3) is 0.400. The van der Waals surface area contributed by atoms with Crippen LogP contribution in [-0.4, -0.2) is 48.7 Å². The van der Waals surface area contributed by atoms with Gasteiger partial charge in [0.15, 0.2) is 0 Å². The van der Waals surface area contributed by atoms with Crippen molar-refractivity contribution in [2.45, 2.75) is 6.92 Å². The normalized spacial score (nSPS) is 10.5. The Balaban J connectivity index is 2.74. The van der Waals surface area contributed by atoms with Crippen molar-refractivity contribution in [3.63, 3.8) is 0 Å². The van der Waals surface area contributed by atoms with Crippen LogP contribution in [0, 0.1) is 0 Å². The number of Topliss-reactive ketones (excluding diaryl/α,β-unsaturated/α-hetero) is 1. The average Bonchev–Trinajstić information content (AvgIpc) is 2.74. The van der Waals surface area contributed by atoms with Crippen LogP contribution in [-0.2, 0) is 9.53 Å². The van der Waals surface area contributed by atoms with Crippen molar-refractivity contribution in [2.24, 2.45) is 4.99 Å². The molecule has 0 aliphatic rings. The van der Waals surface area contributed by atoms with Gasteiger partial charge in [0.2, 0.25) is 5.13 Å². The molecule has 0 amide bonds. The highest BCUT2D eigenvalue weighted by Gasteiger charge is 2.20. The van der Waals surface area contributed by atoms with Gasteiger partial charge < -0.3 is 9.64 Å². The molecule has 0 atom stereocenters. The van der Waals surface area contributed by atoms with Crippen molar-refractivity contribution in [3.8, 4) is 0 Å². The molecule has 0 saturated carbocycles. The van der Waals surface area contributed by atoms with Gasteiger partial charge in [0.05, 0.1) is 19.1 Å². The van der Waals surface area contributed by atoms with Gasteiger partial charge in [-0.1, -0.05) is 11.3 Å². The Bertz CT molecular complexity index is 440. The second-order valence-corrected chi connectivity index (χ2v) is 4.27. The molecule has 1 aromatic heterocycles. The van der Waals surface area contributed by atoms with Crippen molar-refractivity contribution in [1.82, 2.24) is 9.88 Å². The third-order valence-electron chi connectivity index (χ3n) is 1.58. The smallest absolute Gasteiger partial charge is 0.380 e. The van der Waals surface area contributed by atoms with Crippen LogP contribution in [0.25, 0.3) is 0 Å². The predicted molar refractivity (Wildman–Crippen MR) is 64.9 cm³/mol.